The molecule has 36 heavy (non-hydrogen) atoms. The molecule has 5 rings (SSSR count). The molecule has 2 aliphatic rings. The molecule has 1 saturated heterocycles. The van der Waals surface area contributed by atoms with Gasteiger partial charge in [0.05, 0.1) is 31.3 Å². The highest BCUT2D eigenvalue weighted by atomic mass is 16.5. The molecule has 0 unspecified atom stereocenters. The number of H-pyrrole nitrogens is 1. The molecular formula is C27H39N7O2. The van der Waals surface area contributed by atoms with Crippen molar-refractivity contribution >= 4 is 10.9 Å². The lowest BCUT2D eigenvalue weighted by atomic mass is 9.95. The van der Waals surface area contributed by atoms with Gasteiger partial charge in [0.25, 0.3) is 5.56 Å². The van der Waals surface area contributed by atoms with Crippen LogP contribution in [0, 0.1) is 13.8 Å². The largest absolute Gasteiger partial charge is 0.379 e. The number of ether oxygens (including phenoxy) is 1. The Morgan fingerprint density at radius 3 is 2.67 bits per heavy atom. The first-order valence-corrected chi connectivity index (χ1v) is 13.5. The number of pyridine rings is 1. The number of morpholine rings is 1. The first-order chi connectivity index (χ1) is 17.6. The number of aromatic nitrogens is 5. The second-order valence-electron chi connectivity index (χ2n) is 10.5. The summed E-state index contributed by atoms with van der Waals surface area (Å²) in [6, 6.07) is 6.65. The molecule has 194 valence electrons. The minimum absolute atomic E-state index is 0.0127. The first kappa shape index (κ1) is 25.0. The topological polar surface area (TPSA) is 92.2 Å². The molecule has 0 spiro atoms. The fraction of sp³-hybridized carbons (Fsp3) is 0.630. The first-order valence-electron chi connectivity index (χ1n) is 13.5. The number of hydrogen-bond donors (Lipinski definition) is 1. The molecule has 0 amide bonds. The summed E-state index contributed by atoms with van der Waals surface area (Å²) in [5.74, 6) is 0.900. The fourth-order valence-corrected chi connectivity index (χ4v) is 5.66. The molecule has 2 fully saturated rings. The maximum atomic E-state index is 13.1. The normalized spacial score (nSPS) is 17.9. The summed E-state index contributed by atoms with van der Waals surface area (Å²) in [6.07, 6.45) is 7.06. The van der Waals surface area contributed by atoms with E-state index in [2.05, 4.69) is 55.4 Å². The van der Waals surface area contributed by atoms with Gasteiger partial charge < -0.3 is 9.72 Å². The second-order valence-corrected chi connectivity index (χ2v) is 10.5. The predicted molar refractivity (Wildman–Crippen MR) is 140 cm³/mol. The number of nitrogens with zero attached hydrogens (tertiary/aromatic N) is 6. The number of tetrazole rings is 1. The summed E-state index contributed by atoms with van der Waals surface area (Å²) in [7, 11) is 0. The number of hydrogen-bond acceptors (Lipinski definition) is 7. The van der Waals surface area contributed by atoms with E-state index in [0.29, 0.717) is 19.1 Å². The molecule has 3 heterocycles. The minimum Gasteiger partial charge on any atom is -0.379 e. The predicted octanol–water partition coefficient (Wildman–Crippen LogP) is 3.36. The van der Waals surface area contributed by atoms with Crippen molar-refractivity contribution in [3.05, 3.63) is 51.1 Å². The Labute approximate surface area is 212 Å². The van der Waals surface area contributed by atoms with Crippen molar-refractivity contribution in [2.45, 2.75) is 71.5 Å². The summed E-state index contributed by atoms with van der Waals surface area (Å²) < 4.78 is 7.55. The van der Waals surface area contributed by atoms with Crippen molar-refractivity contribution in [3.8, 4) is 0 Å². The van der Waals surface area contributed by atoms with Crippen LogP contribution in [0.4, 0.5) is 0 Å². The van der Waals surface area contributed by atoms with E-state index in [1.165, 1.54) is 24.8 Å². The molecular weight excluding hydrogens is 454 g/mol. The quantitative estimate of drug-likeness (QED) is 0.489. The van der Waals surface area contributed by atoms with E-state index in [1.807, 2.05) is 11.6 Å². The van der Waals surface area contributed by atoms with Crippen LogP contribution >= 0.6 is 0 Å². The van der Waals surface area contributed by atoms with Gasteiger partial charge in [-0.05, 0) is 67.3 Å². The van der Waals surface area contributed by atoms with Gasteiger partial charge in [0.15, 0.2) is 5.82 Å². The Kier molecular flexibility index (Phi) is 8.09. The molecule has 1 saturated carbocycles. The van der Waals surface area contributed by atoms with E-state index in [9.17, 15) is 4.79 Å². The highest BCUT2D eigenvalue weighted by Gasteiger charge is 2.22. The summed E-state index contributed by atoms with van der Waals surface area (Å²) in [5, 5.41) is 13.9. The van der Waals surface area contributed by atoms with E-state index < -0.39 is 0 Å². The maximum absolute atomic E-state index is 13.1. The zero-order valence-electron chi connectivity index (χ0n) is 21.7. The van der Waals surface area contributed by atoms with Gasteiger partial charge in [0, 0.05) is 37.1 Å². The van der Waals surface area contributed by atoms with Crippen molar-refractivity contribution < 1.29 is 4.74 Å². The number of nitrogens with one attached hydrogen (secondary N) is 1. The third kappa shape index (κ3) is 5.85. The molecule has 9 heteroatoms. The average Bonchev–Trinajstić information content (AvgIpc) is 3.36. The summed E-state index contributed by atoms with van der Waals surface area (Å²) in [6.45, 7) is 10.8. The van der Waals surface area contributed by atoms with Crippen molar-refractivity contribution in [1.82, 2.24) is 35.0 Å². The Morgan fingerprint density at radius 2 is 1.86 bits per heavy atom. The van der Waals surface area contributed by atoms with E-state index >= 15 is 0 Å². The lowest BCUT2D eigenvalue weighted by Gasteiger charge is -2.28. The number of rotatable bonds is 9. The van der Waals surface area contributed by atoms with Gasteiger partial charge in [-0.25, -0.2) is 4.68 Å². The van der Waals surface area contributed by atoms with Gasteiger partial charge in [-0.2, -0.15) is 0 Å². The number of aromatic amines is 1. The van der Waals surface area contributed by atoms with Crippen LogP contribution < -0.4 is 5.56 Å². The van der Waals surface area contributed by atoms with Crippen molar-refractivity contribution in [1.29, 1.82) is 0 Å². The summed E-state index contributed by atoms with van der Waals surface area (Å²) in [4.78, 5) is 21.1. The molecule has 1 aliphatic carbocycles. The lowest BCUT2D eigenvalue weighted by Crippen LogP contribution is -2.38. The van der Waals surface area contributed by atoms with Gasteiger partial charge in [0.1, 0.15) is 0 Å². The molecule has 1 N–H and O–H groups in total. The van der Waals surface area contributed by atoms with Crippen LogP contribution in [0.5, 0.6) is 0 Å². The van der Waals surface area contributed by atoms with Crippen molar-refractivity contribution in [2.24, 2.45) is 0 Å². The molecule has 1 aliphatic heterocycles. The highest BCUT2D eigenvalue weighted by molar-refractivity contribution is 5.85. The fourth-order valence-electron chi connectivity index (χ4n) is 5.66. The zero-order chi connectivity index (χ0) is 24.9. The van der Waals surface area contributed by atoms with Crippen LogP contribution in [0.1, 0.15) is 67.1 Å². The SMILES string of the molecule is Cc1ccc(C)c2[nH]c(=O)c(CN(CCCN3CCOCC3)Cc3nnnn3C3CCCCC3)cc12. The van der Waals surface area contributed by atoms with Gasteiger partial charge >= 0.3 is 0 Å². The van der Waals surface area contributed by atoms with Crippen LogP contribution in [0.3, 0.4) is 0 Å². The highest BCUT2D eigenvalue weighted by Crippen LogP contribution is 2.28. The Balaban J connectivity index is 1.36. The van der Waals surface area contributed by atoms with Gasteiger partial charge in [-0.15, -0.1) is 5.10 Å². The van der Waals surface area contributed by atoms with Crippen LogP contribution in [0.15, 0.2) is 23.0 Å². The van der Waals surface area contributed by atoms with Crippen LogP contribution in [-0.4, -0.2) is 74.4 Å². The lowest BCUT2D eigenvalue weighted by molar-refractivity contribution is 0.0358. The monoisotopic (exact) mass is 493 g/mol. The standard InChI is InChI=1S/C27H39N7O2/c1-20-9-10-21(2)26-24(20)17-22(27(35)28-26)18-33(12-6-11-32-13-15-36-16-14-32)19-25-29-30-31-34(25)23-7-4-3-5-8-23/h9-10,17,23H,3-8,11-16,18-19H2,1-2H3,(H,28,35). The second kappa shape index (κ2) is 11.6. The van der Waals surface area contributed by atoms with Crippen LogP contribution in [-0.2, 0) is 17.8 Å². The third-order valence-corrected chi connectivity index (χ3v) is 7.81. The molecule has 0 atom stereocenters. The zero-order valence-corrected chi connectivity index (χ0v) is 21.7. The molecule has 0 bridgehead atoms. The molecule has 9 nitrogen and oxygen atoms in total. The Hall–Kier alpha value is -2.62. The molecule has 1 aromatic carbocycles. The number of benzene rings is 1. The summed E-state index contributed by atoms with van der Waals surface area (Å²) in [5.41, 5.74) is 3.98. The summed E-state index contributed by atoms with van der Waals surface area (Å²) >= 11 is 0. The van der Waals surface area contributed by atoms with Crippen LogP contribution in [0.25, 0.3) is 10.9 Å². The Bertz CT molecular complexity index is 1210. The number of fused-ring (bicyclic) bond motifs is 1. The number of aryl methyl sites for hydroxylation is 2. The molecule has 2 aromatic heterocycles. The van der Waals surface area contributed by atoms with Gasteiger partial charge in [-0.3, -0.25) is 14.6 Å². The average molecular weight is 494 g/mol. The Morgan fingerprint density at radius 1 is 1.08 bits per heavy atom. The van der Waals surface area contributed by atoms with Gasteiger partial charge in [0.2, 0.25) is 0 Å². The molecule has 0 radical (unpaired) electrons. The van der Waals surface area contributed by atoms with E-state index in [-0.39, 0.29) is 5.56 Å². The maximum Gasteiger partial charge on any atom is 0.252 e. The van der Waals surface area contributed by atoms with Crippen molar-refractivity contribution in [2.75, 3.05) is 39.4 Å². The smallest absolute Gasteiger partial charge is 0.252 e. The van der Waals surface area contributed by atoms with Crippen molar-refractivity contribution in [3.63, 3.8) is 0 Å². The molecule has 3 aromatic rings. The van der Waals surface area contributed by atoms with E-state index in [0.717, 1.165) is 86.5 Å². The minimum atomic E-state index is -0.0127. The third-order valence-electron chi connectivity index (χ3n) is 7.81. The van der Waals surface area contributed by atoms with E-state index in [1.54, 1.807) is 0 Å². The van der Waals surface area contributed by atoms with Gasteiger partial charge in [-0.1, -0.05) is 31.4 Å². The van der Waals surface area contributed by atoms with Crippen LogP contribution in [0.2, 0.25) is 0 Å². The van der Waals surface area contributed by atoms with E-state index in [4.69, 9.17) is 4.74 Å².